The minimum absolute atomic E-state index is 0.0580. The van der Waals surface area contributed by atoms with E-state index >= 15 is 0 Å². The molecule has 2 aromatic heterocycles. The molecule has 0 saturated carbocycles. The van der Waals surface area contributed by atoms with Gasteiger partial charge in [0.05, 0.1) is 24.2 Å². The van der Waals surface area contributed by atoms with E-state index in [2.05, 4.69) is 15.6 Å². The van der Waals surface area contributed by atoms with Crippen molar-refractivity contribution in [2.75, 3.05) is 17.7 Å². The molecule has 2 N–H and O–H groups in total. The van der Waals surface area contributed by atoms with Crippen molar-refractivity contribution >= 4 is 34.7 Å². The first-order chi connectivity index (χ1) is 15.9. The number of carbonyl (C=O) groups is 1. The van der Waals surface area contributed by atoms with Crippen LogP contribution in [0.3, 0.4) is 0 Å². The molecule has 0 saturated heterocycles. The van der Waals surface area contributed by atoms with Gasteiger partial charge in [-0.05, 0) is 48.9 Å². The van der Waals surface area contributed by atoms with E-state index in [0.717, 1.165) is 5.56 Å². The molecular weight excluding hydrogens is 444 g/mol. The monoisotopic (exact) mass is 464 g/mol. The van der Waals surface area contributed by atoms with Crippen LogP contribution in [0.1, 0.15) is 11.3 Å². The number of anilines is 2. The lowest BCUT2D eigenvalue weighted by Crippen LogP contribution is -2.20. The van der Waals surface area contributed by atoms with Crippen molar-refractivity contribution < 1.29 is 14.3 Å². The number of ether oxygens (including phenoxy) is 2. The van der Waals surface area contributed by atoms with E-state index in [1.165, 1.54) is 17.6 Å². The zero-order chi connectivity index (χ0) is 23.4. The lowest BCUT2D eigenvalue weighted by molar-refractivity contribution is 0.261. The summed E-state index contributed by atoms with van der Waals surface area (Å²) in [4.78, 5) is 29.5. The van der Waals surface area contributed by atoms with Crippen LogP contribution in [-0.4, -0.2) is 22.5 Å². The zero-order valence-electron chi connectivity index (χ0n) is 18.0. The second kappa shape index (κ2) is 9.62. The fourth-order valence-corrected chi connectivity index (χ4v) is 3.46. The lowest BCUT2D eigenvalue weighted by atomic mass is 10.2. The summed E-state index contributed by atoms with van der Waals surface area (Å²) >= 11 is 6.02. The number of rotatable bonds is 6. The van der Waals surface area contributed by atoms with E-state index in [9.17, 15) is 9.59 Å². The topological polar surface area (TPSA) is 94.0 Å². The molecule has 0 aliphatic heterocycles. The van der Waals surface area contributed by atoms with Crippen LogP contribution in [0.15, 0.2) is 71.7 Å². The first kappa shape index (κ1) is 22.2. The number of nitrogens with zero attached hydrogens (tertiary/aromatic N) is 2. The van der Waals surface area contributed by atoms with Crippen LogP contribution in [0.25, 0.3) is 5.65 Å². The number of hydrogen-bond donors (Lipinski definition) is 2. The van der Waals surface area contributed by atoms with Crippen molar-refractivity contribution in [2.45, 2.75) is 13.5 Å². The third-order valence-corrected chi connectivity index (χ3v) is 5.09. The van der Waals surface area contributed by atoms with Gasteiger partial charge < -0.3 is 20.1 Å². The van der Waals surface area contributed by atoms with E-state index in [-0.39, 0.29) is 12.2 Å². The van der Waals surface area contributed by atoms with Gasteiger partial charge in [-0.3, -0.25) is 9.20 Å². The Morgan fingerprint density at radius 2 is 1.82 bits per heavy atom. The van der Waals surface area contributed by atoms with Crippen LogP contribution < -0.4 is 25.7 Å². The summed E-state index contributed by atoms with van der Waals surface area (Å²) in [5.41, 5.74) is 2.62. The van der Waals surface area contributed by atoms with Crippen LogP contribution in [0.2, 0.25) is 5.02 Å². The highest BCUT2D eigenvalue weighted by molar-refractivity contribution is 6.31. The van der Waals surface area contributed by atoms with Gasteiger partial charge in [0.25, 0.3) is 5.56 Å². The summed E-state index contributed by atoms with van der Waals surface area (Å²) in [6.45, 7) is 1.95. The van der Waals surface area contributed by atoms with E-state index < -0.39 is 6.03 Å². The number of halogens is 1. The first-order valence-corrected chi connectivity index (χ1v) is 10.4. The molecule has 168 valence electrons. The number of carbonyl (C=O) groups excluding carboxylic acids is 1. The number of pyridine rings is 1. The van der Waals surface area contributed by atoms with Gasteiger partial charge >= 0.3 is 6.03 Å². The summed E-state index contributed by atoms with van der Waals surface area (Å²) in [7, 11) is 1.50. The minimum Gasteiger partial charge on any atom is -0.495 e. The van der Waals surface area contributed by atoms with Gasteiger partial charge in [-0.2, -0.15) is 0 Å². The normalized spacial score (nSPS) is 10.6. The zero-order valence-corrected chi connectivity index (χ0v) is 18.7. The van der Waals surface area contributed by atoms with Crippen LogP contribution in [0, 0.1) is 6.92 Å². The number of benzene rings is 2. The number of fused-ring (bicyclic) bond motifs is 1. The Labute approximate surface area is 194 Å². The highest BCUT2D eigenvalue weighted by Crippen LogP contribution is 2.29. The number of methoxy groups -OCH3 is 1. The quantitative estimate of drug-likeness (QED) is 0.424. The summed E-state index contributed by atoms with van der Waals surface area (Å²) < 4.78 is 12.6. The fourth-order valence-electron chi connectivity index (χ4n) is 3.28. The van der Waals surface area contributed by atoms with E-state index in [4.69, 9.17) is 21.1 Å². The van der Waals surface area contributed by atoms with Crippen molar-refractivity contribution in [2.24, 2.45) is 0 Å². The summed E-state index contributed by atoms with van der Waals surface area (Å²) in [6, 6.07) is 16.5. The number of nitrogens with one attached hydrogen (secondary N) is 2. The van der Waals surface area contributed by atoms with E-state index in [1.54, 1.807) is 54.7 Å². The second-order valence-corrected chi connectivity index (χ2v) is 7.62. The van der Waals surface area contributed by atoms with E-state index in [1.807, 2.05) is 13.0 Å². The molecule has 0 aliphatic carbocycles. The maximum absolute atomic E-state index is 12.6. The van der Waals surface area contributed by atoms with Crippen molar-refractivity contribution in [1.29, 1.82) is 0 Å². The molecule has 4 aromatic rings. The average Bonchev–Trinajstić information content (AvgIpc) is 2.79. The molecule has 0 atom stereocenters. The standard InChI is InChI=1S/C24H21ClN4O4/c1-15-6-5-11-29-22(30)13-17(26-23(15)29)14-33-21-8-4-3-7-18(21)27-24(31)28-19-12-16(25)9-10-20(19)32-2/h3-13H,14H2,1-2H3,(H2,27,28,31). The SMILES string of the molecule is COc1ccc(Cl)cc1NC(=O)Nc1ccccc1OCc1cc(=O)n2cccc(C)c2n1. The van der Waals surface area contributed by atoms with Gasteiger partial charge in [0.1, 0.15) is 23.8 Å². The number of aromatic nitrogens is 2. The molecule has 0 unspecified atom stereocenters. The van der Waals surface area contributed by atoms with Crippen molar-refractivity contribution in [3.63, 3.8) is 0 Å². The van der Waals surface area contributed by atoms with Gasteiger partial charge in [0.15, 0.2) is 0 Å². The van der Waals surface area contributed by atoms with Gasteiger partial charge in [-0.25, -0.2) is 9.78 Å². The molecule has 2 aromatic carbocycles. The van der Waals surface area contributed by atoms with Crippen LogP contribution >= 0.6 is 11.6 Å². The van der Waals surface area contributed by atoms with Crippen LogP contribution in [-0.2, 0) is 6.61 Å². The number of aryl methyl sites for hydroxylation is 1. The molecule has 0 bridgehead atoms. The highest BCUT2D eigenvalue weighted by Gasteiger charge is 2.12. The predicted molar refractivity (Wildman–Crippen MR) is 128 cm³/mol. The molecule has 0 radical (unpaired) electrons. The number of urea groups is 1. The fraction of sp³-hybridized carbons (Fsp3) is 0.125. The van der Waals surface area contributed by atoms with Crippen molar-refractivity contribution in [3.8, 4) is 11.5 Å². The Morgan fingerprint density at radius 3 is 2.64 bits per heavy atom. The molecule has 0 fully saturated rings. The van der Waals surface area contributed by atoms with Crippen molar-refractivity contribution in [1.82, 2.24) is 9.38 Å². The molecule has 8 nitrogen and oxygen atoms in total. The molecule has 2 heterocycles. The largest absolute Gasteiger partial charge is 0.495 e. The maximum Gasteiger partial charge on any atom is 0.323 e. The van der Waals surface area contributed by atoms with Gasteiger partial charge in [-0.15, -0.1) is 0 Å². The molecule has 0 aliphatic rings. The first-order valence-electron chi connectivity index (χ1n) is 10.1. The van der Waals surface area contributed by atoms with Crippen molar-refractivity contribution in [3.05, 3.63) is 93.5 Å². The smallest absolute Gasteiger partial charge is 0.323 e. The molecule has 9 heteroatoms. The third kappa shape index (κ3) is 5.07. The molecule has 0 spiro atoms. The Kier molecular flexibility index (Phi) is 6.46. The average molecular weight is 465 g/mol. The third-order valence-electron chi connectivity index (χ3n) is 4.86. The number of hydrogen-bond acceptors (Lipinski definition) is 5. The van der Waals surface area contributed by atoms with Gasteiger partial charge in [-0.1, -0.05) is 29.8 Å². The lowest BCUT2D eigenvalue weighted by Gasteiger charge is -2.14. The Morgan fingerprint density at radius 1 is 1.03 bits per heavy atom. The summed E-state index contributed by atoms with van der Waals surface area (Å²) in [5.74, 6) is 0.903. The summed E-state index contributed by atoms with van der Waals surface area (Å²) in [5, 5.41) is 5.93. The summed E-state index contributed by atoms with van der Waals surface area (Å²) in [6.07, 6.45) is 1.68. The van der Waals surface area contributed by atoms with E-state index in [0.29, 0.717) is 39.2 Å². The molecule has 33 heavy (non-hydrogen) atoms. The molecule has 4 rings (SSSR count). The van der Waals surface area contributed by atoms with Gasteiger partial charge in [0.2, 0.25) is 0 Å². The predicted octanol–water partition coefficient (Wildman–Crippen LogP) is 4.89. The Bertz CT molecular complexity index is 1390. The number of amides is 2. The van der Waals surface area contributed by atoms with Crippen LogP contribution in [0.5, 0.6) is 11.5 Å². The Balaban J connectivity index is 1.50. The van der Waals surface area contributed by atoms with Crippen LogP contribution in [0.4, 0.5) is 16.2 Å². The highest BCUT2D eigenvalue weighted by atomic mass is 35.5. The minimum atomic E-state index is -0.496. The molecule has 2 amide bonds. The molecular formula is C24H21ClN4O4. The van der Waals surface area contributed by atoms with Gasteiger partial charge in [0, 0.05) is 17.3 Å². The number of para-hydroxylation sites is 2. The Hall–Kier alpha value is -4.04. The second-order valence-electron chi connectivity index (χ2n) is 7.18. The maximum atomic E-state index is 12.6.